The molecule has 0 fully saturated rings. The largest absolute Gasteiger partial charge is 0.372 e. The van der Waals surface area contributed by atoms with Gasteiger partial charge in [0.2, 0.25) is 5.91 Å². The molecule has 0 aliphatic heterocycles. The second-order valence-corrected chi connectivity index (χ2v) is 2.97. The van der Waals surface area contributed by atoms with Gasteiger partial charge in [0.15, 0.2) is 0 Å². The number of nitrogens with two attached hydrogens (primary N) is 1. The van der Waals surface area contributed by atoms with Gasteiger partial charge in [0, 0.05) is 6.42 Å². The lowest BCUT2D eigenvalue weighted by Crippen LogP contribution is -2.17. The fourth-order valence-electron chi connectivity index (χ4n) is 0.324. The lowest BCUT2D eigenvalue weighted by Gasteiger charge is -1.97. The molecule has 0 heterocycles. The summed E-state index contributed by atoms with van der Waals surface area (Å²) in [5.41, 5.74) is 4.78. The predicted octanol–water partition coefficient (Wildman–Crippen LogP) is -1.75. The molecule has 9 heavy (non-hydrogen) atoms. The minimum Gasteiger partial charge on any atom is -0.372 e. The third kappa shape index (κ3) is 7.61. The van der Waals surface area contributed by atoms with Crippen molar-refractivity contribution in [3.8, 4) is 0 Å². The Balaban J connectivity index is 3.01. The first-order valence-corrected chi connectivity index (χ1v) is 3.79. The number of carbonyl (C=O) groups is 1. The summed E-state index contributed by atoms with van der Waals surface area (Å²) in [6, 6.07) is 0.465. The van der Waals surface area contributed by atoms with Crippen molar-refractivity contribution in [3.63, 3.8) is 0 Å². The summed E-state index contributed by atoms with van der Waals surface area (Å²) in [6.07, 6.45) is 0.232. The van der Waals surface area contributed by atoms with Gasteiger partial charge >= 0.3 is 0 Å². The minimum atomic E-state index is -1.29. The smallest absolute Gasteiger partial charge is 0.217 e. The quantitative estimate of drug-likeness (QED) is 0.326. The van der Waals surface area contributed by atoms with E-state index in [1.165, 1.54) is 0 Å². The highest BCUT2D eigenvalue weighted by atomic mass is 28.2. The van der Waals surface area contributed by atoms with E-state index in [4.69, 9.17) is 15.9 Å². The Labute approximate surface area is 55.5 Å². The Kier molecular flexibility index (Phi) is 4.29. The number of hydrogen-bond donors (Lipinski definition) is 3. The first-order chi connectivity index (χ1) is 4.13. The van der Waals surface area contributed by atoms with Gasteiger partial charge < -0.3 is 15.9 Å². The van der Waals surface area contributed by atoms with Crippen molar-refractivity contribution in [3.05, 3.63) is 0 Å². The standard InChI is InChI=1S/C4H9NO3Si/c5-3(6)1-2-9-4(7)8/h4,7-8H,1-2H2,(H2,5,6). The molecule has 0 spiro atoms. The van der Waals surface area contributed by atoms with Crippen molar-refractivity contribution in [2.45, 2.75) is 18.4 Å². The number of hydrogen-bond acceptors (Lipinski definition) is 3. The van der Waals surface area contributed by atoms with Crippen molar-refractivity contribution in [2.24, 2.45) is 5.73 Å². The molecule has 0 aliphatic rings. The van der Waals surface area contributed by atoms with Crippen molar-refractivity contribution in [1.82, 2.24) is 0 Å². The van der Waals surface area contributed by atoms with E-state index in [9.17, 15) is 4.79 Å². The van der Waals surface area contributed by atoms with Gasteiger partial charge in [-0.05, 0) is 6.04 Å². The molecule has 1 amide bonds. The van der Waals surface area contributed by atoms with Crippen LogP contribution in [0.15, 0.2) is 0 Å². The molecular weight excluding hydrogens is 138 g/mol. The molecule has 0 saturated carbocycles. The van der Waals surface area contributed by atoms with Crippen molar-refractivity contribution >= 4 is 15.4 Å². The Morgan fingerprint density at radius 2 is 2.22 bits per heavy atom. The summed E-state index contributed by atoms with van der Waals surface area (Å²) in [5.74, 6) is -1.69. The van der Waals surface area contributed by atoms with Crippen LogP contribution in [-0.2, 0) is 4.79 Å². The summed E-state index contributed by atoms with van der Waals surface area (Å²) in [5, 5.41) is 16.6. The highest BCUT2D eigenvalue weighted by Crippen LogP contribution is 1.87. The molecule has 0 atom stereocenters. The van der Waals surface area contributed by atoms with Gasteiger partial charge in [-0.2, -0.15) is 0 Å². The normalized spacial score (nSPS) is 10.1. The molecule has 0 aromatic heterocycles. The Bertz CT molecular complexity index is 95.8. The van der Waals surface area contributed by atoms with Gasteiger partial charge in [-0.1, -0.05) is 0 Å². The maximum absolute atomic E-state index is 10.0. The molecule has 4 N–H and O–H groups in total. The lowest BCUT2D eigenvalue weighted by molar-refractivity contribution is -0.117. The van der Waals surface area contributed by atoms with Crippen LogP contribution in [0.1, 0.15) is 6.42 Å². The summed E-state index contributed by atoms with van der Waals surface area (Å²) in [6.45, 7) is 0. The zero-order valence-electron chi connectivity index (χ0n) is 4.87. The van der Waals surface area contributed by atoms with E-state index in [0.717, 1.165) is 0 Å². The highest BCUT2D eigenvalue weighted by Gasteiger charge is 2.00. The average molecular weight is 147 g/mol. The number of aliphatic hydroxyl groups excluding tert-OH is 1. The van der Waals surface area contributed by atoms with Crippen LogP contribution in [0.2, 0.25) is 6.04 Å². The molecular formula is C4H9NO3Si. The number of primary amides is 1. The zero-order chi connectivity index (χ0) is 7.28. The van der Waals surface area contributed by atoms with Crippen LogP contribution in [0, 0.1) is 0 Å². The molecule has 0 aromatic carbocycles. The van der Waals surface area contributed by atoms with E-state index in [0.29, 0.717) is 6.04 Å². The molecule has 4 nitrogen and oxygen atoms in total. The Morgan fingerprint density at radius 3 is 2.56 bits per heavy atom. The number of aliphatic hydroxyl groups is 2. The third-order valence-corrected chi connectivity index (χ3v) is 1.60. The maximum atomic E-state index is 10.0. The van der Waals surface area contributed by atoms with Crippen LogP contribution in [0.4, 0.5) is 0 Å². The highest BCUT2D eigenvalue weighted by molar-refractivity contribution is 6.36. The lowest BCUT2D eigenvalue weighted by atomic mass is 10.5. The van der Waals surface area contributed by atoms with E-state index < -0.39 is 11.8 Å². The average Bonchev–Trinajstić information content (AvgIpc) is 1.63. The van der Waals surface area contributed by atoms with E-state index in [-0.39, 0.29) is 15.9 Å². The first-order valence-electron chi connectivity index (χ1n) is 2.50. The van der Waals surface area contributed by atoms with Gasteiger partial charge in [-0.25, -0.2) is 0 Å². The van der Waals surface area contributed by atoms with Crippen LogP contribution in [0.3, 0.4) is 0 Å². The fourth-order valence-corrected chi connectivity index (χ4v) is 0.973. The van der Waals surface area contributed by atoms with Gasteiger partial charge in [-0.3, -0.25) is 4.79 Å². The van der Waals surface area contributed by atoms with E-state index in [2.05, 4.69) is 0 Å². The molecule has 0 unspecified atom stereocenters. The van der Waals surface area contributed by atoms with Gasteiger partial charge in [-0.15, -0.1) is 0 Å². The third-order valence-electron chi connectivity index (χ3n) is 0.698. The predicted molar refractivity (Wildman–Crippen MR) is 32.6 cm³/mol. The van der Waals surface area contributed by atoms with Crippen LogP contribution in [0.25, 0.3) is 0 Å². The van der Waals surface area contributed by atoms with Crippen LogP contribution in [-0.4, -0.2) is 31.6 Å². The summed E-state index contributed by atoms with van der Waals surface area (Å²) >= 11 is 0. The molecule has 2 radical (unpaired) electrons. The fraction of sp³-hybridized carbons (Fsp3) is 0.750. The maximum Gasteiger partial charge on any atom is 0.217 e. The summed E-state index contributed by atoms with van der Waals surface area (Å²) < 4.78 is 0. The van der Waals surface area contributed by atoms with E-state index >= 15 is 0 Å². The van der Waals surface area contributed by atoms with Crippen LogP contribution < -0.4 is 5.73 Å². The van der Waals surface area contributed by atoms with Crippen molar-refractivity contribution in [2.75, 3.05) is 0 Å². The minimum absolute atomic E-state index is 0.00829. The number of carbonyl (C=O) groups excluding carboxylic acids is 1. The second kappa shape index (κ2) is 4.48. The van der Waals surface area contributed by atoms with Crippen LogP contribution in [0.5, 0.6) is 0 Å². The Hall–Kier alpha value is -0.393. The van der Waals surface area contributed by atoms with Crippen LogP contribution >= 0.6 is 0 Å². The summed E-state index contributed by atoms with van der Waals surface area (Å²) in [7, 11) is -0.00829. The first kappa shape index (κ1) is 8.61. The van der Waals surface area contributed by atoms with Gasteiger partial charge in [0.1, 0.15) is 15.4 Å². The van der Waals surface area contributed by atoms with Crippen molar-refractivity contribution in [1.29, 1.82) is 0 Å². The molecule has 0 rings (SSSR count). The molecule has 0 bridgehead atoms. The summed E-state index contributed by atoms with van der Waals surface area (Å²) in [4.78, 5) is 10.0. The van der Waals surface area contributed by atoms with E-state index in [1.54, 1.807) is 0 Å². The molecule has 5 heteroatoms. The number of rotatable bonds is 4. The SMILES string of the molecule is NC(=O)CC[Si]C(O)O. The molecule has 0 aromatic rings. The molecule has 52 valence electrons. The molecule has 0 aliphatic carbocycles. The zero-order valence-corrected chi connectivity index (χ0v) is 5.87. The van der Waals surface area contributed by atoms with E-state index in [1.807, 2.05) is 0 Å². The monoisotopic (exact) mass is 147 g/mol. The van der Waals surface area contributed by atoms with Crippen molar-refractivity contribution < 1.29 is 15.0 Å². The van der Waals surface area contributed by atoms with Gasteiger partial charge in [0.05, 0.1) is 0 Å². The van der Waals surface area contributed by atoms with Gasteiger partial charge in [0.25, 0.3) is 0 Å². The Morgan fingerprint density at radius 1 is 1.67 bits per heavy atom. The number of amides is 1. The topological polar surface area (TPSA) is 83.6 Å². The molecule has 0 saturated heterocycles. The second-order valence-electron chi connectivity index (χ2n) is 1.54.